The van der Waals surface area contributed by atoms with Gasteiger partial charge in [0.2, 0.25) is 0 Å². The summed E-state index contributed by atoms with van der Waals surface area (Å²) >= 11 is 6.38. The van der Waals surface area contributed by atoms with Crippen molar-refractivity contribution in [3.63, 3.8) is 0 Å². The third-order valence-corrected chi connectivity index (χ3v) is 5.87. The lowest BCUT2D eigenvalue weighted by molar-refractivity contribution is -0.137. The first-order chi connectivity index (χ1) is 16.8. The summed E-state index contributed by atoms with van der Waals surface area (Å²) in [6, 6.07) is 18.1. The minimum atomic E-state index is -4.56. The number of benzene rings is 3. The van der Waals surface area contributed by atoms with Gasteiger partial charge in [0.1, 0.15) is 17.2 Å². The van der Waals surface area contributed by atoms with Crippen LogP contribution in [0.15, 0.2) is 72.9 Å². The number of halogens is 4. The average Bonchev–Trinajstić information content (AvgIpc) is 3.26. The highest BCUT2D eigenvalue weighted by Gasteiger charge is 2.35. The lowest BCUT2D eigenvalue weighted by Gasteiger charge is -2.15. The van der Waals surface area contributed by atoms with Crippen molar-refractivity contribution < 1.29 is 23.0 Å². The highest BCUT2D eigenvalue weighted by Crippen LogP contribution is 2.38. The molecule has 0 spiro atoms. The molecule has 0 aliphatic heterocycles. The van der Waals surface area contributed by atoms with Crippen molar-refractivity contribution in [3.05, 3.63) is 89.2 Å². The van der Waals surface area contributed by atoms with Gasteiger partial charge in [0, 0.05) is 17.4 Å². The first kappa shape index (κ1) is 25.8. The van der Waals surface area contributed by atoms with Gasteiger partial charge in [-0.3, -0.25) is 4.57 Å². The predicted octanol–water partition coefficient (Wildman–Crippen LogP) is 7.89. The van der Waals surface area contributed by atoms with Crippen LogP contribution in [0.3, 0.4) is 0 Å². The fourth-order valence-corrected chi connectivity index (χ4v) is 4.06. The molecule has 0 fully saturated rings. The molecule has 3 aromatic carbocycles. The molecule has 0 aliphatic carbocycles. The van der Waals surface area contributed by atoms with E-state index in [1.807, 2.05) is 44.2 Å². The van der Waals surface area contributed by atoms with Crippen LogP contribution in [-0.2, 0) is 11.8 Å². The SMILES string of the molecule is CC(C)Oc1ccc(-c2ccc(-n3cc(C(C)(C)O)nc3-c3ccccc3C(F)(F)F)cc2)cc1Cl. The molecule has 0 unspecified atom stereocenters. The third-order valence-electron chi connectivity index (χ3n) is 5.58. The van der Waals surface area contributed by atoms with Crippen molar-refractivity contribution in [2.75, 3.05) is 0 Å². The highest BCUT2D eigenvalue weighted by molar-refractivity contribution is 6.32. The normalized spacial score (nSPS) is 12.3. The van der Waals surface area contributed by atoms with E-state index < -0.39 is 17.3 Å². The molecule has 4 rings (SSSR count). The third kappa shape index (κ3) is 5.42. The molecule has 1 heterocycles. The van der Waals surface area contributed by atoms with Crippen LogP contribution in [0.25, 0.3) is 28.2 Å². The maximum Gasteiger partial charge on any atom is 0.417 e. The van der Waals surface area contributed by atoms with Crippen molar-refractivity contribution in [3.8, 4) is 34.0 Å². The first-order valence-corrected chi connectivity index (χ1v) is 11.8. The number of ether oxygens (including phenoxy) is 1. The fraction of sp³-hybridized carbons (Fsp3) is 0.250. The summed E-state index contributed by atoms with van der Waals surface area (Å²) in [5.74, 6) is 0.684. The van der Waals surface area contributed by atoms with Crippen LogP contribution < -0.4 is 4.74 Å². The lowest BCUT2D eigenvalue weighted by atomic mass is 10.0. The molecule has 0 atom stereocenters. The smallest absolute Gasteiger partial charge is 0.417 e. The van der Waals surface area contributed by atoms with Gasteiger partial charge in [0.25, 0.3) is 0 Å². The summed E-state index contributed by atoms with van der Waals surface area (Å²) in [7, 11) is 0. The summed E-state index contributed by atoms with van der Waals surface area (Å²) < 4.78 is 48.6. The van der Waals surface area contributed by atoms with Gasteiger partial charge in [0.15, 0.2) is 0 Å². The fourth-order valence-electron chi connectivity index (χ4n) is 3.83. The van der Waals surface area contributed by atoms with Gasteiger partial charge in [-0.1, -0.05) is 48.0 Å². The van der Waals surface area contributed by atoms with Crippen molar-refractivity contribution in [1.82, 2.24) is 9.55 Å². The summed E-state index contributed by atoms with van der Waals surface area (Å²) in [5, 5.41) is 11.0. The molecule has 0 saturated carbocycles. The second-order valence-corrected chi connectivity index (χ2v) is 9.69. The Bertz CT molecular complexity index is 1370. The first-order valence-electron chi connectivity index (χ1n) is 11.4. The Morgan fingerprint density at radius 3 is 2.17 bits per heavy atom. The predicted molar refractivity (Wildman–Crippen MR) is 135 cm³/mol. The zero-order valence-corrected chi connectivity index (χ0v) is 21.0. The Morgan fingerprint density at radius 1 is 0.944 bits per heavy atom. The quantitative estimate of drug-likeness (QED) is 0.284. The van der Waals surface area contributed by atoms with Gasteiger partial charge in [-0.25, -0.2) is 4.98 Å². The number of nitrogens with zero attached hydrogens (tertiary/aromatic N) is 2. The number of hydrogen-bond donors (Lipinski definition) is 1. The van der Waals surface area contributed by atoms with E-state index in [4.69, 9.17) is 16.3 Å². The summed E-state index contributed by atoms with van der Waals surface area (Å²) in [6.07, 6.45) is -3.00. The Labute approximate surface area is 213 Å². The van der Waals surface area contributed by atoms with E-state index in [2.05, 4.69) is 4.98 Å². The second-order valence-electron chi connectivity index (χ2n) is 9.28. The van der Waals surface area contributed by atoms with E-state index in [0.717, 1.165) is 17.2 Å². The second kappa shape index (κ2) is 9.64. The van der Waals surface area contributed by atoms with Crippen LogP contribution in [0.4, 0.5) is 13.2 Å². The number of aliphatic hydroxyl groups is 1. The van der Waals surface area contributed by atoms with Crippen LogP contribution >= 0.6 is 11.6 Å². The number of alkyl halides is 3. The van der Waals surface area contributed by atoms with Gasteiger partial charge < -0.3 is 9.84 Å². The maximum absolute atomic E-state index is 13.8. The molecule has 36 heavy (non-hydrogen) atoms. The standard InChI is InChI=1S/C28H26ClF3N2O2/c1-17(2)36-24-14-11-19(15-23(24)29)18-9-12-20(13-10-18)34-16-25(27(3,4)35)33-26(34)21-7-5-6-8-22(21)28(30,31)32/h5-17,35H,1-4H3. The highest BCUT2D eigenvalue weighted by atomic mass is 35.5. The van der Waals surface area contributed by atoms with Crippen molar-refractivity contribution in [1.29, 1.82) is 0 Å². The van der Waals surface area contributed by atoms with E-state index in [1.165, 1.54) is 18.2 Å². The maximum atomic E-state index is 13.8. The number of rotatable bonds is 6. The van der Waals surface area contributed by atoms with Gasteiger partial charge in [-0.15, -0.1) is 0 Å². The average molecular weight is 515 g/mol. The monoisotopic (exact) mass is 514 g/mol. The van der Waals surface area contributed by atoms with Crippen LogP contribution in [0, 0.1) is 0 Å². The van der Waals surface area contributed by atoms with Crippen LogP contribution in [0.2, 0.25) is 5.02 Å². The Hall–Kier alpha value is -3.29. The Morgan fingerprint density at radius 2 is 1.58 bits per heavy atom. The van der Waals surface area contributed by atoms with E-state index in [9.17, 15) is 18.3 Å². The zero-order chi connectivity index (χ0) is 26.3. The lowest BCUT2D eigenvalue weighted by Crippen LogP contribution is -2.15. The molecule has 188 valence electrons. The van der Waals surface area contributed by atoms with E-state index in [0.29, 0.717) is 16.5 Å². The van der Waals surface area contributed by atoms with Gasteiger partial charge >= 0.3 is 6.18 Å². The van der Waals surface area contributed by atoms with Crippen molar-refractivity contribution >= 4 is 11.6 Å². The Balaban J connectivity index is 1.78. The molecule has 0 radical (unpaired) electrons. The molecule has 0 aliphatic rings. The van der Waals surface area contributed by atoms with Crippen molar-refractivity contribution in [2.24, 2.45) is 0 Å². The molecule has 0 bridgehead atoms. The van der Waals surface area contributed by atoms with Crippen LogP contribution in [0.1, 0.15) is 39.0 Å². The van der Waals surface area contributed by atoms with E-state index in [-0.39, 0.29) is 23.2 Å². The molecule has 8 heteroatoms. The topological polar surface area (TPSA) is 47.3 Å². The minimum absolute atomic E-state index is 0.00623. The van der Waals surface area contributed by atoms with Gasteiger partial charge in [0.05, 0.1) is 22.4 Å². The summed E-state index contributed by atoms with van der Waals surface area (Å²) in [6.45, 7) is 6.92. The molecule has 4 aromatic rings. The Kier molecular flexibility index (Phi) is 6.90. The van der Waals surface area contributed by atoms with E-state index in [1.54, 1.807) is 36.7 Å². The number of aromatic nitrogens is 2. The molecular weight excluding hydrogens is 489 g/mol. The zero-order valence-electron chi connectivity index (χ0n) is 20.3. The van der Waals surface area contributed by atoms with Crippen LogP contribution in [0.5, 0.6) is 5.75 Å². The van der Waals surface area contributed by atoms with Gasteiger partial charge in [-0.05, 0) is 69.2 Å². The van der Waals surface area contributed by atoms with Crippen LogP contribution in [-0.4, -0.2) is 20.8 Å². The van der Waals surface area contributed by atoms with Gasteiger partial charge in [-0.2, -0.15) is 13.2 Å². The molecule has 1 N–H and O–H groups in total. The molecule has 4 nitrogen and oxygen atoms in total. The molecule has 1 aromatic heterocycles. The largest absolute Gasteiger partial charge is 0.489 e. The molecule has 0 amide bonds. The molecular formula is C28H26ClF3N2O2. The van der Waals surface area contributed by atoms with Crippen molar-refractivity contribution in [2.45, 2.75) is 45.6 Å². The molecule has 0 saturated heterocycles. The number of hydrogen-bond acceptors (Lipinski definition) is 3. The summed E-state index contributed by atoms with van der Waals surface area (Å²) in [5.41, 5.74) is 0.380. The van der Waals surface area contributed by atoms with E-state index >= 15 is 0 Å². The minimum Gasteiger partial charge on any atom is -0.489 e. The summed E-state index contributed by atoms with van der Waals surface area (Å²) in [4.78, 5) is 4.41. The number of imidazole rings is 1.